The Balaban J connectivity index is 1.50. The second kappa shape index (κ2) is 11.9. The molecule has 0 saturated carbocycles. The van der Waals surface area contributed by atoms with E-state index >= 15 is 0 Å². The van der Waals surface area contributed by atoms with E-state index in [4.69, 9.17) is 5.73 Å². The number of nitrogens with two attached hydrogens (primary N) is 1. The van der Waals surface area contributed by atoms with Crippen molar-refractivity contribution >= 4 is 11.7 Å². The molecule has 7 heteroatoms. The molecule has 0 spiro atoms. The van der Waals surface area contributed by atoms with Crippen LogP contribution >= 0.6 is 0 Å². The van der Waals surface area contributed by atoms with E-state index in [-0.39, 0.29) is 29.8 Å². The SMILES string of the molecule is CC(C)C[C@H](C(=O)CCc1cnccn1)N1CCC(CCc2ccccc2)N2C[C@H](N)C[C@H]2C1=O. The van der Waals surface area contributed by atoms with E-state index in [0.29, 0.717) is 38.1 Å². The first kappa shape index (κ1) is 25.5. The van der Waals surface area contributed by atoms with Crippen LogP contribution in [0.4, 0.5) is 0 Å². The Morgan fingerprint density at radius 2 is 1.97 bits per heavy atom. The number of ketones is 1. The largest absolute Gasteiger partial charge is 0.331 e. The van der Waals surface area contributed by atoms with Crippen molar-refractivity contribution in [1.82, 2.24) is 19.8 Å². The van der Waals surface area contributed by atoms with Crippen molar-refractivity contribution < 1.29 is 9.59 Å². The number of hydrogen-bond donors (Lipinski definition) is 1. The lowest BCUT2D eigenvalue weighted by Crippen LogP contribution is -2.51. The number of nitrogens with zero attached hydrogens (tertiary/aromatic N) is 4. The maximum atomic E-state index is 13.8. The van der Waals surface area contributed by atoms with Crippen molar-refractivity contribution in [3.63, 3.8) is 0 Å². The standard InChI is InChI=1S/C28H39N5O2/c1-20(2)16-25(27(34)11-9-23-18-30-13-14-31-23)32-15-12-24(10-8-21-6-4-3-5-7-21)33-19-22(29)17-26(33)28(32)35/h3-7,13-14,18,20,22,24-26H,8-12,15-17,19,29H2,1-2H3/t22-,24?,25-,26+/m1/s1. The van der Waals surface area contributed by atoms with Gasteiger partial charge in [0.05, 0.1) is 17.8 Å². The Bertz CT molecular complexity index is 968. The molecule has 4 rings (SSSR count). The van der Waals surface area contributed by atoms with E-state index in [1.54, 1.807) is 18.6 Å². The second-order valence-electron chi connectivity index (χ2n) is 10.5. The van der Waals surface area contributed by atoms with Crippen molar-refractivity contribution in [1.29, 1.82) is 0 Å². The minimum Gasteiger partial charge on any atom is -0.331 e. The van der Waals surface area contributed by atoms with Crippen LogP contribution in [0.1, 0.15) is 57.2 Å². The molecule has 188 valence electrons. The zero-order valence-corrected chi connectivity index (χ0v) is 21.1. The highest BCUT2D eigenvalue weighted by atomic mass is 16.2. The summed E-state index contributed by atoms with van der Waals surface area (Å²) >= 11 is 0. The summed E-state index contributed by atoms with van der Waals surface area (Å²) in [5.74, 6) is 0.514. The van der Waals surface area contributed by atoms with Gasteiger partial charge in [0.1, 0.15) is 0 Å². The van der Waals surface area contributed by atoms with Crippen LogP contribution < -0.4 is 5.73 Å². The molecular formula is C28H39N5O2. The predicted octanol–water partition coefficient (Wildman–Crippen LogP) is 3.03. The molecule has 0 radical (unpaired) electrons. The van der Waals surface area contributed by atoms with Gasteiger partial charge in [-0.15, -0.1) is 0 Å². The van der Waals surface area contributed by atoms with E-state index in [1.807, 2.05) is 11.0 Å². The van der Waals surface area contributed by atoms with Gasteiger partial charge in [0.2, 0.25) is 5.91 Å². The fourth-order valence-corrected chi connectivity index (χ4v) is 5.65. The Hall–Kier alpha value is -2.64. The maximum Gasteiger partial charge on any atom is 0.240 e. The number of amides is 1. The third-order valence-corrected chi connectivity index (χ3v) is 7.41. The molecule has 0 bridgehead atoms. The fourth-order valence-electron chi connectivity index (χ4n) is 5.65. The van der Waals surface area contributed by atoms with Crippen LogP contribution in [0.2, 0.25) is 0 Å². The Kier molecular flexibility index (Phi) is 8.63. The minimum atomic E-state index is -0.397. The van der Waals surface area contributed by atoms with Crippen molar-refractivity contribution in [2.24, 2.45) is 11.7 Å². The average molecular weight is 478 g/mol. The molecule has 3 heterocycles. The molecule has 35 heavy (non-hydrogen) atoms. The van der Waals surface area contributed by atoms with Crippen molar-refractivity contribution in [3.05, 3.63) is 60.2 Å². The molecule has 1 aromatic carbocycles. The van der Waals surface area contributed by atoms with Crippen molar-refractivity contribution in [3.8, 4) is 0 Å². The number of aryl methyl sites for hydroxylation is 2. The summed E-state index contributed by atoms with van der Waals surface area (Å²) in [5.41, 5.74) is 8.48. The number of aromatic nitrogens is 2. The molecule has 2 aromatic rings. The highest BCUT2D eigenvalue weighted by Crippen LogP contribution is 2.31. The number of Topliss-reactive ketones (excluding diaryl/α,β-unsaturated/α-hetero) is 1. The number of fused-ring (bicyclic) bond motifs is 1. The van der Waals surface area contributed by atoms with Gasteiger partial charge in [-0.3, -0.25) is 24.5 Å². The van der Waals surface area contributed by atoms with Gasteiger partial charge in [-0.1, -0.05) is 44.2 Å². The molecule has 2 aliphatic heterocycles. The van der Waals surface area contributed by atoms with Crippen LogP contribution in [0, 0.1) is 5.92 Å². The van der Waals surface area contributed by atoms with Crippen LogP contribution in [0.3, 0.4) is 0 Å². The summed E-state index contributed by atoms with van der Waals surface area (Å²) in [6.07, 6.45) is 10.1. The van der Waals surface area contributed by atoms with Gasteiger partial charge in [0, 0.05) is 50.2 Å². The monoisotopic (exact) mass is 477 g/mol. The normalized spacial score (nSPS) is 23.8. The molecular weight excluding hydrogens is 438 g/mol. The molecule has 2 saturated heterocycles. The van der Waals surface area contributed by atoms with Gasteiger partial charge in [0.25, 0.3) is 0 Å². The summed E-state index contributed by atoms with van der Waals surface area (Å²) in [7, 11) is 0. The summed E-state index contributed by atoms with van der Waals surface area (Å²) in [5, 5.41) is 0. The first-order chi connectivity index (χ1) is 16.9. The first-order valence-corrected chi connectivity index (χ1v) is 13.1. The lowest BCUT2D eigenvalue weighted by Gasteiger charge is -2.33. The smallest absolute Gasteiger partial charge is 0.240 e. The summed E-state index contributed by atoms with van der Waals surface area (Å²) in [4.78, 5) is 40.0. The van der Waals surface area contributed by atoms with E-state index in [0.717, 1.165) is 31.5 Å². The van der Waals surface area contributed by atoms with E-state index < -0.39 is 6.04 Å². The van der Waals surface area contributed by atoms with Gasteiger partial charge in [-0.2, -0.15) is 0 Å². The quantitative estimate of drug-likeness (QED) is 0.566. The lowest BCUT2D eigenvalue weighted by molar-refractivity contribution is -0.142. The van der Waals surface area contributed by atoms with E-state index in [2.05, 4.69) is 53.0 Å². The van der Waals surface area contributed by atoms with E-state index in [9.17, 15) is 9.59 Å². The third-order valence-electron chi connectivity index (χ3n) is 7.41. The fraction of sp³-hybridized carbons (Fsp3) is 0.571. The number of rotatable bonds is 10. The molecule has 2 aliphatic rings. The van der Waals surface area contributed by atoms with Gasteiger partial charge in [-0.25, -0.2) is 0 Å². The Morgan fingerprint density at radius 1 is 1.17 bits per heavy atom. The molecule has 1 aromatic heterocycles. The van der Waals surface area contributed by atoms with Crippen LogP contribution in [0.25, 0.3) is 0 Å². The van der Waals surface area contributed by atoms with Gasteiger partial charge < -0.3 is 10.6 Å². The Labute approximate surface area is 209 Å². The number of carbonyl (C=O) groups excluding carboxylic acids is 2. The predicted molar refractivity (Wildman–Crippen MR) is 137 cm³/mol. The highest BCUT2D eigenvalue weighted by molar-refractivity contribution is 5.91. The maximum absolute atomic E-state index is 13.8. The molecule has 7 nitrogen and oxygen atoms in total. The van der Waals surface area contributed by atoms with Crippen LogP contribution in [-0.4, -0.2) is 68.7 Å². The van der Waals surface area contributed by atoms with Crippen LogP contribution in [0.15, 0.2) is 48.9 Å². The van der Waals surface area contributed by atoms with Crippen LogP contribution in [0.5, 0.6) is 0 Å². The zero-order chi connectivity index (χ0) is 24.8. The summed E-state index contributed by atoms with van der Waals surface area (Å²) < 4.78 is 0. The Morgan fingerprint density at radius 3 is 2.69 bits per heavy atom. The highest BCUT2D eigenvalue weighted by Gasteiger charge is 2.45. The minimum absolute atomic E-state index is 0.000898. The average Bonchev–Trinajstić information content (AvgIpc) is 3.20. The second-order valence-corrected chi connectivity index (χ2v) is 10.5. The van der Waals surface area contributed by atoms with E-state index in [1.165, 1.54) is 5.56 Å². The number of benzene rings is 1. The number of hydrogen-bond acceptors (Lipinski definition) is 6. The third kappa shape index (κ3) is 6.53. The topological polar surface area (TPSA) is 92.4 Å². The van der Waals surface area contributed by atoms with Gasteiger partial charge >= 0.3 is 0 Å². The molecule has 4 atom stereocenters. The van der Waals surface area contributed by atoms with Crippen molar-refractivity contribution in [2.75, 3.05) is 13.1 Å². The lowest BCUT2D eigenvalue weighted by atomic mass is 9.94. The van der Waals surface area contributed by atoms with Crippen molar-refractivity contribution in [2.45, 2.75) is 83.0 Å². The first-order valence-electron chi connectivity index (χ1n) is 13.1. The van der Waals surface area contributed by atoms with Crippen LogP contribution in [-0.2, 0) is 22.4 Å². The number of carbonyl (C=O) groups is 2. The molecule has 1 unspecified atom stereocenters. The van der Waals surface area contributed by atoms with Gasteiger partial charge in [-0.05, 0) is 50.0 Å². The summed E-state index contributed by atoms with van der Waals surface area (Å²) in [6.45, 7) is 5.60. The summed E-state index contributed by atoms with van der Waals surface area (Å²) in [6, 6.07) is 10.2. The zero-order valence-electron chi connectivity index (χ0n) is 21.1. The molecule has 2 N–H and O–H groups in total. The van der Waals surface area contributed by atoms with Gasteiger partial charge in [0.15, 0.2) is 5.78 Å². The molecule has 1 amide bonds. The molecule has 2 fully saturated rings. The molecule has 0 aliphatic carbocycles.